The number of halogens is 1. The lowest BCUT2D eigenvalue weighted by Gasteiger charge is -2.29. The summed E-state index contributed by atoms with van der Waals surface area (Å²) >= 11 is 0. The highest BCUT2D eigenvalue weighted by Crippen LogP contribution is 2.45. The molecule has 29 heavy (non-hydrogen) atoms. The highest BCUT2D eigenvalue weighted by molar-refractivity contribution is 5.97. The van der Waals surface area contributed by atoms with Crippen molar-refractivity contribution in [2.24, 2.45) is 11.8 Å². The van der Waals surface area contributed by atoms with Gasteiger partial charge in [-0.25, -0.2) is 4.39 Å². The molecule has 0 saturated carbocycles. The van der Waals surface area contributed by atoms with Gasteiger partial charge < -0.3 is 19.6 Å². The fourth-order valence-electron chi connectivity index (χ4n) is 4.62. The maximum absolute atomic E-state index is 13.3. The topological polar surface area (TPSA) is 70.1 Å². The molecule has 3 atom stereocenters. The van der Waals surface area contributed by atoms with Crippen LogP contribution in [0.2, 0.25) is 0 Å². The molecule has 2 aliphatic heterocycles. The predicted octanol–water partition coefficient (Wildman–Crippen LogP) is 2.83. The van der Waals surface area contributed by atoms with Crippen LogP contribution < -0.4 is 4.74 Å². The minimum atomic E-state index is -0.589. The van der Waals surface area contributed by atoms with Crippen molar-refractivity contribution in [3.8, 4) is 11.5 Å². The summed E-state index contributed by atoms with van der Waals surface area (Å²) in [5.41, 5.74) is 1.10. The van der Waals surface area contributed by atoms with Crippen molar-refractivity contribution in [1.82, 2.24) is 9.80 Å². The Morgan fingerprint density at radius 1 is 1.10 bits per heavy atom. The van der Waals surface area contributed by atoms with Gasteiger partial charge in [0.2, 0.25) is 5.91 Å². The van der Waals surface area contributed by atoms with Gasteiger partial charge in [0.25, 0.3) is 5.91 Å². The molecule has 1 N–H and O–H groups in total. The van der Waals surface area contributed by atoms with Gasteiger partial charge in [0.05, 0.1) is 18.7 Å². The van der Waals surface area contributed by atoms with E-state index in [2.05, 4.69) is 0 Å². The summed E-state index contributed by atoms with van der Waals surface area (Å²) < 4.78 is 18.5. The zero-order chi connectivity index (χ0) is 20.7. The van der Waals surface area contributed by atoms with E-state index in [0.29, 0.717) is 19.6 Å². The lowest BCUT2D eigenvalue weighted by Crippen LogP contribution is -2.36. The molecule has 152 valence electrons. The van der Waals surface area contributed by atoms with Crippen LogP contribution in [0.3, 0.4) is 0 Å². The van der Waals surface area contributed by atoms with Crippen LogP contribution in [-0.2, 0) is 4.79 Å². The summed E-state index contributed by atoms with van der Waals surface area (Å²) in [5, 5.41) is 9.97. The van der Waals surface area contributed by atoms with Crippen LogP contribution in [0.15, 0.2) is 42.5 Å². The zero-order valence-corrected chi connectivity index (χ0v) is 16.3. The molecule has 2 amide bonds. The molecular formula is C22H23FN2O4. The minimum absolute atomic E-state index is 0.00859. The van der Waals surface area contributed by atoms with Crippen molar-refractivity contribution in [1.29, 1.82) is 0 Å². The molecule has 2 heterocycles. The second-order valence-electron chi connectivity index (χ2n) is 7.68. The third-order valence-corrected chi connectivity index (χ3v) is 6.00. The number of hydrogen-bond acceptors (Lipinski definition) is 4. The molecule has 0 radical (unpaired) electrons. The Bertz CT molecular complexity index is 946. The summed E-state index contributed by atoms with van der Waals surface area (Å²) in [6, 6.07) is 11.0. The normalized spacial score (nSPS) is 23.2. The molecule has 0 spiro atoms. The maximum atomic E-state index is 13.3. The van der Waals surface area contributed by atoms with Crippen molar-refractivity contribution in [3.05, 3.63) is 59.4 Å². The molecule has 6 nitrogen and oxygen atoms in total. The SMILES string of the molecule is COc1ccc([C@H]2[C@@H]3CN(C(=O)c4ccc(F)cc4O)C[C@@H]3CN2C(C)=O)cc1. The van der Waals surface area contributed by atoms with Gasteiger partial charge in [0.15, 0.2) is 0 Å². The number of aromatic hydroxyl groups is 1. The Hall–Kier alpha value is -3.09. The van der Waals surface area contributed by atoms with Gasteiger partial charge in [-0.15, -0.1) is 0 Å². The summed E-state index contributed by atoms with van der Waals surface area (Å²) in [6.45, 7) is 3.12. The van der Waals surface area contributed by atoms with E-state index >= 15 is 0 Å². The van der Waals surface area contributed by atoms with Crippen LogP contribution in [0.4, 0.5) is 4.39 Å². The number of fused-ring (bicyclic) bond motifs is 1. The van der Waals surface area contributed by atoms with Crippen molar-refractivity contribution >= 4 is 11.8 Å². The van der Waals surface area contributed by atoms with E-state index in [1.807, 2.05) is 29.2 Å². The second-order valence-corrected chi connectivity index (χ2v) is 7.68. The third kappa shape index (κ3) is 3.41. The fourth-order valence-corrected chi connectivity index (χ4v) is 4.62. The lowest BCUT2D eigenvalue weighted by atomic mass is 9.89. The van der Waals surface area contributed by atoms with Gasteiger partial charge in [-0.05, 0) is 29.8 Å². The predicted molar refractivity (Wildman–Crippen MR) is 104 cm³/mol. The monoisotopic (exact) mass is 398 g/mol. The Morgan fingerprint density at radius 2 is 1.83 bits per heavy atom. The van der Waals surface area contributed by atoms with Crippen LogP contribution >= 0.6 is 0 Å². The number of likely N-dealkylation sites (tertiary alicyclic amines) is 2. The number of carbonyl (C=O) groups excluding carboxylic acids is 2. The van der Waals surface area contributed by atoms with Gasteiger partial charge >= 0.3 is 0 Å². The number of hydrogen-bond donors (Lipinski definition) is 1. The second kappa shape index (κ2) is 7.39. The van der Waals surface area contributed by atoms with E-state index < -0.39 is 5.82 Å². The molecule has 2 aromatic rings. The smallest absolute Gasteiger partial charge is 0.257 e. The molecule has 2 saturated heterocycles. The van der Waals surface area contributed by atoms with Gasteiger partial charge in [0.1, 0.15) is 17.3 Å². The molecule has 0 bridgehead atoms. The first kappa shape index (κ1) is 19.2. The average Bonchev–Trinajstić information content (AvgIpc) is 3.26. The summed E-state index contributed by atoms with van der Waals surface area (Å²) in [5.74, 6) is -0.267. The van der Waals surface area contributed by atoms with Gasteiger partial charge in [-0.3, -0.25) is 9.59 Å². The highest BCUT2D eigenvalue weighted by atomic mass is 19.1. The van der Waals surface area contributed by atoms with E-state index in [0.717, 1.165) is 17.4 Å². The van der Waals surface area contributed by atoms with E-state index in [9.17, 15) is 19.1 Å². The van der Waals surface area contributed by atoms with Crippen molar-refractivity contribution in [2.45, 2.75) is 13.0 Å². The summed E-state index contributed by atoms with van der Waals surface area (Å²) in [6.07, 6.45) is 0. The lowest BCUT2D eigenvalue weighted by molar-refractivity contribution is -0.130. The molecule has 2 aromatic carbocycles. The van der Waals surface area contributed by atoms with Crippen LogP contribution in [0.1, 0.15) is 28.9 Å². The molecule has 4 rings (SSSR count). The number of carbonyl (C=O) groups is 2. The number of nitrogens with zero attached hydrogens (tertiary/aromatic N) is 2. The number of phenolic OH excluding ortho intramolecular Hbond substituents is 1. The van der Waals surface area contributed by atoms with Gasteiger partial charge in [-0.2, -0.15) is 0 Å². The van der Waals surface area contributed by atoms with Crippen LogP contribution in [0.25, 0.3) is 0 Å². The third-order valence-electron chi connectivity index (χ3n) is 6.00. The number of amides is 2. The van der Waals surface area contributed by atoms with Crippen molar-refractivity contribution in [2.75, 3.05) is 26.7 Å². The van der Waals surface area contributed by atoms with Crippen LogP contribution in [0.5, 0.6) is 11.5 Å². The summed E-state index contributed by atoms with van der Waals surface area (Å²) in [4.78, 5) is 28.7. The van der Waals surface area contributed by atoms with Gasteiger partial charge in [-0.1, -0.05) is 12.1 Å². The molecule has 0 aromatic heterocycles. The number of benzene rings is 2. The number of ether oxygens (including phenoxy) is 1. The molecule has 0 aliphatic carbocycles. The number of rotatable bonds is 3. The van der Waals surface area contributed by atoms with E-state index in [1.165, 1.54) is 12.1 Å². The minimum Gasteiger partial charge on any atom is -0.507 e. The first-order chi connectivity index (χ1) is 13.9. The van der Waals surface area contributed by atoms with Crippen molar-refractivity contribution in [3.63, 3.8) is 0 Å². The Morgan fingerprint density at radius 3 is 2.45 bits per heavy atom. The molecule has 0 unspecified atom stereocenters. The fraction of sp³-hybridized carbons (Fsp3) is 0.364. The summed E-state index contributed by atoms with van der Waals surface area (Å²) in [7, 11) is 1.60. The first-order valence-electron chi connectivity index (χ1n) is 9.58. The highest BCUT2D eigenvalue weighted by Gasteiger charge is 2.49. The van der Waals surface area contributed by atoms with E-state index in [4.69, 9.17) is 4.74 Å². The number of methoxy groups -OCH3 is 1. The van der Waals surface area contributed by atoms with Crippen LogP contribution in [-0.4, -0.2) is 53.5 Å². The van der Waals surface area contributed by atoms with Crippen molar-refractivity contribution < 1.29 is 23.8 Å². The van der Waals surface area contributed by atoms with Gasteiger partial charge in [0, 0.05) is 44.5 Å². The Kier molecular flexibility index (Phi) is 4.90. The largest absolute Gasteiger partial charge is 0.507 e. The van der Waals surface area contributed by atoms with E-state index in [-0.39, 0.29) is 41.0 Å². The molecule has 2 aliphatic rings. The molecule has 2 fully saturated rings. The Labute approximate surface area is 168 Å². The molecular weight excluding hydrogens is 375 g/mol. The maximum Gasteiger partial charge on any atom is 0.257 e. The number of phenols is 1. The standard InChI is InChI=1S/C22H23FN2O4/c1-13(26)25-11-15-10-24(22(28)18-8-5-16(23)9-20(18)27)12-19(15)21(25)14-3-6-17(29-2)7-4-14/h3-9,15,19,21,27H,10-12H2,1-2H3/t15-,19-,21+/m1/s1. The van der Waals surface area contributed by atoms with E-state index in [1.54, 1.807) is 18.9 Å². The zero-order valence-electron chi connectivity index (χ0n) is 16.3. The molecule has 7 heteroatoms. The Balaban J connectivity index is 1.59. The average molecular weight is 398 g/mol. The van der Waals surface area contributed by atoms with Crippen LogP contribution in [0, 0.1) is 17.7 Å². The first-order valence-corrected chi connectivity index (χ1v) is 9.58. The quantitative estimate of drug-likeness (QED) is 0.863.